The maximum Gasteiger partial charge on any atom is 0.337 e. The van der Waals surface area contributed by atoms with Crippen LogP contribution < -0.4 is 5.32 Å². The van der Waals surface area contributed by atoms with Crippen LogP contribution in [0.25, 0.3) is 22.2 Å². The van der Waals surface area contributed by atoms with Crippen molar-refractivity contribution in [3.05, 3.63) is 90.3 Å². The van der Waals surface area contributed by atoms with E-state index >= 15 is 0 Å². The number of pyridine rings is 2. The van der Waals surface area contributed by atoms with Crippen LogP contribution >= 0.6 is 0 Å². The summed E-state index contributed by atoms with van der Waals surface area (Å²) in [6.45, 7) is 0. The highest BCUT2D eigenvalue weighted by atomic mass is 16.5. The molecule has 6 heteroatoms. The van der Waals surface area contributed by atoms with Gasteiger partial charge in [0.15, 0.2) is 0 Å². The van der Waals surface area contributed by atoms with Gasteiger partial charge in [0.05, 0.1) is 29.4 Å². The van der Waals surface area contributed by atoms with E-state index in [2.05, 4.69) is 15.3 Å². The number of carbonyl (C=O) groups excluding carboxylic acids is 2. The molecule has 0 fully saturated rings. The molecule has 0 aliphatic rings. The molecule has 29 heavy (non-hydrogen) atoms. The number of rotatable bonds is 4. The number of para-hydroxylation sites is 1. The predicted octanol–water partition coefficient (Wildman–Crippen LogP) is 4.34. The molecule has 0 bridgehead atoms. The zero-order valence-corrected chi connectivity index (χ0v) is 15.6. The molecule has 4 rings (SSSR count). The molecular formula is C23H17N3O3. The lowest BCUT2D eigenvalue weighted by atomic mass is 10.0. The molecule has 0 atom stereocenters. The van der Waals surface area contributed by atoms with E-state index in [9.17, 15) is 9.59 Å². The number of nitrogens with one attached hydrogen (secondary N) is 1. The summed E-state index contributed by atoms with van der Waals surface area (Å²) < 4.78 is 4.69. The number of benzene rings is 2. The van der Waals surface area contributed by atoms with Crippen LogP contribution in [0.3, 0.4) is 0 Å². The Kier molecular flexibility index (Phi) is 4.99. The lowest BCUT2D eigenvalue weighted by Gasteiger charge is -2.11. The first-order chi connectivity index (χ1) is 14.2. The molecular weight excluding hydrogens is 366 g/mol. The first kappa shape index (κ1) is 18.3. The minimum absolute atomic E-state index is 0.264. The summed E-state index contributed by atoms with van der Waals surface area (Å²) in [5.74, 6) is -0.691. The van der Waals surface area contributed by atoms with Gasteiger partial charge in [-0.05, 0) is 48.5 Å². The van der Waals surface area contributed by atoms with Gasteiger partial charge < -0.3 is 10.1 Å². The molecule has 2 heterocycles. The zero-order chi connectivity index (χ0) is 20.2. The summed E-state index contributed by atoms with van der Waals surface area (Å²) in [7, 11) is 1.33. The predicted molar refractivity (Wildman–Crippen MR) is 111 cm³/mol. The summed E-state index contributed by atoms with van der Waals surface area (Å²) in [6, 6.07) is 19.5. The second kappa shape index (κ2) is 7.90. The standard InChI is InChI=1S/C23H17N3O3/c1-29-23(28)15-8-10-17(11-9-15)25-22(27)19-13-21(16-5-4-12-24-14-16)26-20-7-3-2-6-18(19)20/h2-14H,1H3,(H,25,27). The average Bonchev–Trinajstić information content (AvgIpc) is 2.78. The smallest absolute Gasteiger partial charge is 0.337 e. The molecule has 0 radical (unpaired) electrons. The first-order valence-electron chi connectivity index (χ1n) is 8.95. The van der Waals surface area contributed by atoms with Crippen LogP contribution in [-0.4, -0.2) is 29.0 Å². The molecule has 0 aliphatic heterocycles. The number of ether oxygens (including phenoxy) is 1. The minimum Gasteiger partial charge on any atom is -0.465 e. The topological polar surface area (TPSA) is 81.2 Å². The van der Waals surface area contributed by atoms with Crippen molar-refractivity contribution in [3.63, 3.8) is 0 Å². The summed E-state index contributed by atoms with van der Waals surface area (Å²) in [5.41, 5.74) is 3.72. The molecule has 4 aromatic rings. The Balaban J connectivity index is 1.70. The number of methoxy groups -OCH3 is 1. The molecule has 6 nitrogen and oxygen atoms in total. The lowest BCUT2D eigenvalue weighted by molar-refractivity contribution is 0.0600. The SMILES string of the molecule is COC(=O)c1ccc(NC(=O)c2cc(-c3cccnc3)nc3ccccc23)cc1. The third-order valence-electron chi connectivity index (χ3n) is 4.48. The van der Waals surface area contributed by atoms with Crippen LogP contribution in [0.5, 0.6) is 0 Å². The Morgan fingerprint density at radius 3 is 2.48 bits per heavy atom. The molecule has 1 N–H and O–H groups in total. The van der Waals surface area contributed by atoms with E-state index in [1.54, 1.807) is 42.7 Å². The van der Waals surface area contributed by atoms with Gasteiger partial charge in [0.25, 0.3) is 5.91 Å². The molecule has 0 saturated heterocycles. The van der Waals surface area contributed by atoms with Crippen LogP contribution in [-0.2, 0) is 4.74 Å². The van der Waals surface area contributed by atoms with Gasteiger partial charge in [-0.25, -0.2) is 9.78 Å². The molecule has 0 unspecified atom stereocenters. The van der Waals surface area contributed by atoms with E-state index in [1.807, 2.05) is 36.4 Å². The van der Waals surface area contributed by atoms with Gasteiger partial charge in [-0.1, -0.05) is 18.2 Å². The van der Waals surface area contributed by atoms with Gasteiger partial charge in [-0.3, -0.25) is 9.78 Å². The van der Waals surface area contributed by atoms with Gasteiger partial charge >= 0.3 is 5.97 Å². The van der Waals surface area contributed by atoms with Crippen LogP contribution in [0.4, 0.5) is 5.69 Å². The highest BCUT2D eigenvalue weighted by Crippen LogP contribution is 2.25. The van der Waals surface area contributed by atoms with E-state index in [4.69, 9.17) is 4.74 Å². The van der Waals surface area contributed by atoms with Crippen molar-refractivity contribution in [3.8, 4) is 11.3 Å². The second-order valence-electron chi connectivity index (χ2n) is 6.34. The number of nitrogens with zero attached hydrogens (tertiary/aromatic N) is 2. The van der Waals surface area contributed by atoms with Crippen LogP contribution in [0.1, 0.15) is 20.7 Å². The Morgan fingerprint density at radius 1 is 0.966 bits per heavy atom. The number of hydrogen-bond donors (Lipinski definition) is 1. The van der Waals surface area contributed by atoms with Gasteiger partial charge in [-0.2, -0.15) is 0 Å². The highest BCUT2D eigenvalue weighted by Gasteiger charge is 2.15. The van der Waals surface area contributed by atoms with E-state index in [-0.39, 0.29) is 5.91 Å². The molecule has 0 aliphatic carbocycles. The van der Waals surface area contributed by atoms with Gasteiger partial charge in [0, 0.05) is 29.0 Å². The van der Waals surface area contributed by atoms with Crippen molar-refractivity contribution >= 4 is 28.5 Å². The van der Waals surface area contributed by atoms with Crippen molar-refractivity contribution in [2.45, 2.75) is 0 Å². The summed E-state index contributed by atoms with van der Waals surface area (Å²) in [5, 5.41) is 3.63. The zero-order valence-electron chi connectivity index (χ0n) is 15.6. The molecule has 2 aromatic heterocycles. The normalized spacial score (nSPS) is 10.5. The molecule has 142 valence electrons. The number of esters is 1. The van der Waals surface area contributed by atoms with E-state index in [0.717, 1.165) is 16.5 Å². The Bertz CT molecular complexity index is 1190. The molecule has 0 saturated carbocycles. The van der Waals surface area contributed by atoms with E-state index in [0.29, 0.717) is 22.5 Å². The number of aromatic nitrogens is 2. The third-order valence-corrected chi connectivity index (χ3v) is 4.48. The minimum atomic E-state index is -0.427. The largest absolute Gasteiger partial charge is 0.465 e. The third kappa shape index (κ3) is 3.82. The lowest BCUT2D eigenvalue weighted by Crippen LogP contribution is -2.13. The number of carbonyl (C=O) groups is 2. The van der Waals surface area contributed by atoms with Crippen LogP contribution in [0, 0.1) is 0 Å². The van der Waals surface area contributed by atoms with Crippen molar-refractivity contribution in [1.29, 1.82) is 0 Å². The van der Waals surface area contributed by atoms with Gasteiger partial charge in [0.1, 0.15) is 0 Å². The Labute approximate surface area is 167 Å². The van der Waals surface area contributed by atoms with Crippen molar-refractivity contribution in [2.75, 3.05) is 12.4 Å². The molecule has 0 spiro atoms. The van der Waals surface area contributed by atoms with Crippen molar-refractivity contribution in [1.82, 2.24) is 9.97 Å². The summed E-state index contributed by atoms with van der Waals surface area (Å²) in [6.07, 6.45) is 3.40. The highest BCUT2D eigenvalue weighted by molar-refractivity contribution is 6.13. The summed E-state index contributed by atoms with van der Waals surface area (Å²) in [4.78, 5) is 33.4. The fourth-order valence-corrected chi connectivity index (χ4v) is 3.03. The fraction of sp³-hybridized carbons (Fsp3) is 0.0435. The summed E-state index contributed by atoms with van der Waals surface area (Å²) >= 11 is 0. The van der Waals surface area contributed by atoms with Crippen LogP contribution in [0.2, 0.25) is 0 Å². The maximum absolute atomic E-state index is 13.0. The molecule has 2 aromatic carbocycles. The van der Waals surface area contributed by atoms with Gasteiger partial charge in [0.2, 0.25) is 0 Å². The van der Waals surface area contributed by atoms with Crippen molar-refractivity contribution < 1.29 is 14.3 Å². The van der Waals surface area contributed by atoms with Crippen LogP contribution in [0.15, 0.2) is 79.1 Å². The average molecular weight is 383 g/mol. The van der Waals surface area contributed by atoms with Gasteiger partial charge in [-0.15, -0.1) is 0 Å². The second-order valence-corrected chi connectivity index (χ2v) is 6.34. The maximum atomic E-state index is 13.0. The fourth-order valence-electron chi connectivity index (χ4n) is 3.03. The quantitative estimate of drug-likeness (QED) is 0.530. The van der Waals surface area contributed by atoms with E-state index < -0.39 is 5.97 Å². The number of hydrogen-bond acceptors (Lipinski definition) is 5. The first-order valence-corrected chi connectivity index (χ1v) is 8.95. The van der Waals surface area contributed by atoms with Crippen molar-refractivity contribution in [2.24, 2.45) is 0 Å². The Morgan fingerprint density at radius 2 is 1.76 bits per heavy atom. The number of anilines is 1. The number of fused-ring (bicyclic) bond motifs is 1. The number of amides is 1. The Hall–Kier alpha value is -4.06. The monoisotopic (exact) mass is 383 g/mol. The van der Waals surface area contributed by atoms with E-state index in [1.165, 1.54) is 7.11 Å². The molecule has 1 amide bonds.